The fourth-order valence-electron chi connectivity index (χ4n) is 1.44. The van der Waals surface area contributed by atoms with Crippen LogP contribution in [0.15, 0.2) is 18.2 Å². The monoisotopic (exact) mass is 283 g/mol. The zero-order valence-corrected chi connectivity index (χ0v) is 11.1. The molecule has 1 N–H and O–H groups in total. The van der Waals surface area contributed by atoms with E-state index in [2.05, 4.69) is 4.74 Å². The molecule has 1 rings (SSSR count). The highest BCUT2D eigenvalue weighted by molar-refractivity contribution is 6.02. The predicted octanol–water partition coefficient (Wildman–Crippen LogP) is 1.30. The number of nitro groups is 1. The van der Waals surface area contributed by atoms with Gasteiger partial charge in [-0.25, -0.2) is 9.59 Å². The molecule has 1 atom stereocenters. The van der Waals surface area contributed by atoms with E-state index in [1.54, 1.807) is 6.92 Å². The standard InChI is InChI=1S/C12H13NO7/c1-7-4-5-9(8(6-7)13(17)18)20-12(2,10(14)15)11(16)19-3/h4-6H,1-3H3,(H,14,15)/t12-/m1/s1. The van der Waals surface area contributed by atoms with Crippen LogP contribution >= 0.6 is 0 Å². The van der Waals surface area contributed by atoms with E-state index in [1.807, 2.05) is 0 Å². The number of rotatable bonds is 5. The summed E-state index contributed by atoms with van der Waals surface area (Å²) < 4.78 is 9.41. The van der Waals surface area contributed by atoms with Crippen molar-refractivity contribution in [3.05, 3.63) is 33.9 Å². The molecule has 8 nitrogen and oxygen atoms in total. The van der Waals surface area contributed by atoms with Gasteiger partial charge in [-0.2, -0.15) is 0 Å². The first kappa shape index (κ1) is 15.4. The van der Waals surface area contributed by atoms with E-state index in [1.165, 1.54) is 18.2 Å². The van der Waals surface area contributed by atoms with Crippen LogP contribution in [0.1, 0.15) is 12.5 Å². The number of carboxylic acids is 1. The van der Waals surface area contributed by atoms with Gasteiger partial charge in [-0.15, -0.1) is 0 Å². The summed E-state index contributed by atoms with van der Waals surface area (Å²) in [4.78, 5) is 32.9. The number of benzene rings is 1. The lowest BCUT2D eigenvalue weighted by atomic mass is 10.1. The van der Waals surface area contributed by atoms with Gasteiger partial charge in [0, 0.05) is 6.07 Å². The van der Waals surface area contributed by atoms with Gasteiger partial charge in [-0.05, 0) is 25.5 Å². The first-order valence-corrected chi connectivity index (χ1v) is 5.48. The minimum absolute atomic E-state index is 0.323. The van der Waals surface area contributed by atoms with Crippen molar-refractivity contribution >= 4 is 17.6 Å². The van der Waals surface area contributed by atoms with E-state index >= 15 is 0 Å². The van der Waals surface area contributed by atoms with Gasteiger partial charge in [0.05, 0.1) is 12.0 Å². The summed E-state index contributed by atoms with van der Waals surface area (Å²) in [6, 6.07) is 3.95. The summed E-state index contributed by atoms with van der Waals surface area (Å²) in [6.07, 6.45) is 0. The number of carbonyl (C=O) groups excluding carboxylic acids is 1. The second-order valence-corrected chi connectivity index (χ2v) is 4.16. The minimum atomic E-state index is -2.37. The topological polar surface area (TPSA) is 116 Å². The summed E-state index contributed by atoms with van der Waals surface area (Å²) in [5, 5.41) is 20.0. The van der Waals surface area contributed by atoms with Crippen LogP contribution in [0, 0.1) is 17.0 Å². The average Bonchev–Trinajstić information content (AvgIpc) is 2.39. The molecule has 0 heterocycles. The maximum Gasteiger partial charge on any atom is 0.361 e. The maximum atomic E-state index is 11.5. The third-order valence-electron chi connectivity index (χ3n) is 2.61. The number of methoxy groups -OCH3 is 1. The molecule has 1 aromatic rings. The molecule has 0 fully saturated rings. The van der Waals surface area contributed by atoms with Gasteiger partial charge in [0.15, 0.2) is 5.75 Å². The predicted molar refractivity (Wildman–Crippen MR) is 66.5 cm³/mol. The Morgan fingerprint density at radius 1 is 1.40 bits per heavy atom. The van der Waals surface area contributed by atoms with Crippen LogP contribution < -0.4 is 4.74 Å². The molecule has 0 bridgehead atoms. The Bertz CT molecular complexity index is 569. The molecule has 8 heteroatoms. The fourth-order valence-corrected chi connectivity index (χ4v) is 1.44. The van der Waals surface area contributed by atoms with Crippen LogP contribution in [0.4, 0.5) is 5.69 Å². The summed E-state index contributed by atoms with van der Waals surface area (Å²) in [5.41, 5.74) is -2.20. The molecule has 0 aliphatic rings. The maximum absolute atomic E-state index is 11.5. The Labute approximate surface area is 114 Å². The molecule has 0 aromatic heterocycles. The summed E-state index contributed by atoms with van der Waals surface area (Å²) in [6.45, 7) is 2.60. The highest BCUT2D eigenvalue weighted by atomic mass is 16.6. The number of aryl methyl sites for hydroxylation is 1. The molecule has 0 saturated carbocycles. The van der Waals surface area contributed by atoms with E-state index in [0.717, 1.165) is 14.0 Å². The van der Waals surface area contributed by atoms with Gasteiger partial charge < -0.3 is 14.6 Å². The molecule has 0 radical (unpaired) electrons. The summed E-state index contributed by atoms with van der Waals surface area (Å²) >= 11 is 0. The Morgan fingerprint density at radius 2 is 2.00 bits per heavy atom. The minimum Gasteiger partial charge on any atom is -0.478 e. The molecule has 0 unspecified atom stereocenters. The molecule has 0 spiro atoms. The number of hydrogen-bond donors (Lipinski definition) is 1. The van der Waals surface area contributed by atoms with Crippen LogP contribution in [0.3, 0.4) is 0 Å². The van der Waals surface area contributed by atoms with Gasteiger partial charge >= 0.3 is 17.6 Å². The lowest BCUT2D eigenvalue weighted by molar-refractivity contribution is -0.386. The normalized spacial score (nSPS) is 13.2. The molecular formula is C12H13NO7. The van der Waals surface area contributed by atoms with E-state index < -0.39 is 28.2 Å². The highest BCUT2D eigenvalue weighted by Crippen LogP contribution is 2.31. The molecule has 0 amide bonds. The number of ether oxygens (including phenoxy) is 2. The van der Waals surface area contributed by atoms with Crippen molar-refractivity contribution in [3.63, 3.8) is 0 Å². The third kappa shape index (κ3) is 2.85. The highest BCUT2D eigenvalue weighted by Gasteiger charge is 2.46. The van der Waals surface area contributed by atoms with Crippen LogP contribution in [-0.2, 0) is 14.3 Å². The quantitative estimate of drug-likeness (QED) is 0.374. The van der Waals surface area contributed by atoms with E-state index in [-0.39, 0.29) is 5.75 Å². The number of hydrogen-bond acceptors (Lipinski definition) is 6. The van der Waals surface area contributed by atoms with Crippen LogP contribution in [-0.4, -0.2) is 34.7 Å². The Balaban J connectivity index is 3.29. The summed E-state index contributed by atoms with van der Waals surface area (Å²) in [7, 11) is 0.996. The van der Waals surface area contributed by atoms with E-state index in [9.17, 15) is 19.7 Å². The second-order valence-electron chi connectivity index (χ2n) is 4.16. The number of aliphatic carboxylic acids is 1. The van der Waals surface area contributed by atoms with Crippen molar-refractivity contribution in [3.8, 4) is 5.75 Å². The van der Waals surface area contributed by atoms with Crippen molar-refractivity contribution in [2.45, 2.75) is 19.4 Å². The number of esters is 1. The van der Waals surface area contributed by atoms with Gasteiger partial charge in [0.2, 0.25) is 0 Å². The van der Waals surface area contributed by atoms with Gasteiger partial charge in [-0.1, -0.05) is 6.07 Å². The van der Waals surface area contributed by atoms with Crippen molar-refractivity contribution in [2.75, 3.05) is 7.11 Å². The van der Waals surface area contributed by atoms with Gasteiger partial charge in [-0.3, -0.25) is 10.1 Å². The fraction of sp³-hybridized carbons (Fsp3) is 0.333. The van der Waals surface area contributed by atoms with Crippen LogP contribution in [0.5, 0.6) is 5.75 Å². The first-order valence-electron chi connectivity index (χ1n) is 5.48. The molecule has 0 aliphatic heterocycles. The number of carboxylic acid groups (broad SMARTS) is 1. The lowest BCUT2D eigenvalue weighted by Gasteiger charge is -2.23. The largest absolute Gasteiger partial charge is 0.478 e. The molecule has 20 heavy (non-hydrogen) atoms. The van der Waals surface area contributed by atoms with Crippen molar-refractivity contribution in [1.82, 2.24) is 0 Å². The van der Waals surface area contributed by atoms with Crippen molar-refractivity contribution < 1.29 is 29.1 Å². The molecule has 108 valence electrons. The van der Waals surface area contributed by atoms with Crippen LogP contribution in [0.25, 0.3) is 0 Å². The average molecular weight is 283 g/mol. The first-order chi connectivity index (χ1) is 9.22. The molecule has 0 saturated heterocycles. The zero-order chi connectivity index (χ0) is 15.5. The van der Waals surface area contributed by atoms with E-state index in [0.29, 0.717) is 5.56 Å². The Morgan fingerprint density at radius 3 is 2.45 bits per heavy atom. The molecule has 0 aliphatic carbocycles. The molecular weight excluding hydrogens is 270 g/mol. The zero-order valence-electron chi connectivity index (χ0n) is 11.1. The number of nitro benzene ring substituents is 1. The molecule has 1 aromatic carbocycles. The SMILES string of the molecule is COC(=O)[C@](C)(Oc1ccc(C)cc1[N+](=O)[O-])C(=O)O. The van der Waals surface area contributed by atoms with E-state index in [4.69, 9.17) is 9.84 Å². The second kappa shape index (κ2) is 5.55. The number of carbonyl (C=O) groups is 2. The summed E-state index contributed by atoms with van der Waals surface area (Å²) in [5.74, 6) is -3.10. The smallest absolute Gasteiger partial charge is 0.361 e. The Hall–Kier alpha value is -2.64. The van der Waals surface area contributed by atoms with Crippen LogP contribution in [0.2, 0.25) is 0 Å². The lowest BCUT2D eigenvalue weighted by Crippen LogP contribution is -2.49. The Kier molecular flexibility index (Phi) is 4.28. The van der Waals surface area contributed by atoms with Gasteiger partial charge in [0.1, 0.15) is 0 Å². The number of nitrogens with zero attached hydrogens (tertiary/aromatic N) is 1. The van der Waals surface area contributed by atoms with Crippen molar-refractivity contribution in [2.24, 2.45) is 0 Å². The van der Waals surface area contributed by atoms with Crippen molar-refractivity contribution in [1.29, 1.82) is 0 Å². The van der Waals surface area contributed by atoms with Gasteiger partial charge in [0.25, 0.3) is 5.60 Å². The third-order valence-corrected chi connectivity index (χ3v) is 2.61.